The molecular weight excluding hydrogens is 404 g/mol. The van der Waals surface area contributed by atoms with E-state index in [1.165, 1.54) is 32.5 Å². The molecule has 1 aromatic carbocycles. The van der Waals surface area contributed by atoms with E-state index >= 15 is 0 Å². The van der Waals surface area contributed by atoms with E-state index in [1.54, 1.807) is 0 Å². The van der Waals surface area contributed by atoms with Gasteiger partial charge in [-0.15, -0.1) is 11.3 Å². The second kappa shape index (κ2) is 9.09. The second-order valence-corrected chi connectivity index (χ2v) is 9.70. The number of aromatic nitrogens is 1. The Labute approximate surface area is 189 Å². The Morgan fingerprint density at radius 3 is 2.65 bits per heavy atom. The maximum Gasteiger partial charge on any atom is 0.313 e. The van der Waals surface area contributed by atoms with Gasteiger partial charge in [-0.1, -0.05) is 43.2 Å². The molecule has 31 heavy (non-hydrogen) atoms. The predicted molar refractivity (Wildman–Crippen MR) is 129 cm³/mol. The van der Waals surface area contributed by atoms with Crippen molar-refractivity contribution in [3.05, 3.63) is 51.5 Å². The van der Waals surface area contributed by atoms with Gasteiger partial charge in [0.15, 0.2) is 0 Å². The Bertz CT molecular complexity index is 1100. The van der Waals surface area contributed by atoms with E-state index in [0.29, 0.717) is 6.61 Å². The van der Waals surface area contributed by atoms with Gasteiger partial charge in [-0.05, 0) is 62.9 Å². The average Bonchev–Trinajstić information content (AvgIpc) is 3.09. The van der Waals surface area contributed by atoms with Gasteiger partial charge in [-0.25, -0.2) is 4.98 Å². The number of hydrogen-bond acceptors (Lipinski definition) is 5. The number of likely N-dealkylation sites (N-methyl/N-ethyl adjacent to an activating group) is 1. The van der Waals surface area contributed by atoms with Crippen molar-refractivity contribution in [1.29, 1.82) is 0 Å². The summed E-state index contributed by atoms with van der Waals surface area (Å²) in [5, 5.41) is 1.25. The number of ether oxygens (including phenoxy) is 1. The number of benzene rings is 1. The van der Waals surface area contributed by atoms with Crippen LogP contribution >= 0.6 is 11.3 Å². The summed E-state index contributed by atoms with van der Waals surface area (Å²) in [7, 11) is 2.18. The summed E-state index contributed by atoms with van der Waals surface area (Å²) in [6.07, 6.45) is 2.70. The first-order valence-electron chi connectivity index (χ1n) is 11.3. The van der Waals surface area contributed by atoms with Crippen molar-refractivity contribution in [1.82, 2.24) is 9.88 Å². The number of nitrogens with zero attached hydrogens (tertiary/aromatic N) is 2. The van der Waals surface area contributed by atoms with E-state index in [-0.39, 0.29) is 11.9 Å². The van der Waals surface area contributed by atoms with Crippen LogP contribution in [-0.4, -0.2) is 36.1 Å². The molecule has 0 fully saturated rings. The van der Waals surface area contributed by atoms with Crippen LogP contribution in [-0.2, 0) is 22.5 Å². The third kappa shape index (κ3) is 4.13. The molecule has 0 N–H and O–H groups in total. The van der Waals surface area contributed by atoms with Crippen LogP contribution in [0.4, 0.5) is 0 Å². The van der Waals surface area contributed by atoms with E-state index in [4.69, 9.17) is 9.72 Å². The van der Waals surface area contributed by atoms with E-state index in [1.807, 2.05) is 18.3 Å². The Balaban J connectivity index is 2.04. The molecule has 3 heterocycles. The lowest BCUT2D eigenvalue weighted by molar-refractivity contribution is -0.145. The maximum atomic E-state index is 13.1. The minimum atomic E-state index is -0.292. The normalized spacial score (nSPS) is 15.1. The fraction of sp³-hybridized carbons (Fsp3) is 0.462. The van der Waals surface area contributed by atoms with Crippen molar-refractivity contribution in [2.45, 2.75) is 59.4 Å². The highest BCUT2D eigenvalue weighted by Gasteiger charge is 2.31. The fourth-order valence-electron chi connectivity index (χ4n) is 4.74. The van der Waals surface area contributed by atoms with Gasteiger partial charge in [-0.2, -0.15) is 0 Å². The Morgan fingerprint density at radius 1 is 1.23 bits per heavy atom. The van der Waals surface area contributed by atoms with Crippen LogP contribution in [0.25, 0.3) is 21.3 Å². The molecule has 0 aliphatic carbocycles. The number of thiophene rings is 1. The van der Waals surface area contributed by atoms with E-state index in [0.717, 1.165) is 48.4 Å². The number of aryl methyl sites for hydroxylation is 2. The quantitative estimate of drug-likeness (QED) is 0.444. The lowest BCUT2D eigenvalue weighted by Gasteiger charge is -2.24. The van der Waals surface area contributed by atoms with Crippen LogP contribution in [0.5, 0.6) is 0 Å². The van der Waals surface area contributed by atoms with E-state index < -0.39 is 0 Å². The zero-order valence-electron chi connectivity index (χ0n) is 19.2. The predicted octanol–water partition coefficient (Wildman–Crippen LogP) is 6.01. The molecule has 0 spiro atoms. The zero-order valence-corrected chi connectivity index (χ0v) is 20.1. The van der Waals surface area contributed by atoms with Crippen LogP contribution in [0.3, 0.4) is 0 Å². The molecule has 1 unspecified atom stereocenters. The van der Waals surface area contributed by atoms with Crippen LogP contribution < -0.4 is 0 Å². The first-order valence-corrected chi connectivity index (χ1v) is 12.1. The minimum Gasteiger partial charge on any atom is -0.466 e. The number of pyridine rings is 1. The number of fused-ring (bicyclic) bond motifs is 3. The lowest BCUT2D eigenvalue weighted by Crippen LogP contribution is -2.25. The molecule has 1 atom stereocenters. The van der Waals surface area contributed by atoms with Gasteiger partial charge < -0.3 is 9.64 Å². The number of hydrogen-bond donors (Lipinski definition) is 0. The van der Waals surface area contributed by atoms with Gasteiger partial charge in [0, 0.05) is 29.0 Å². The summed E-state index contributed by atoms with van der Waals surface area (Å²) in [4.78, 5) is 23.0. The molecule has 0 amide bonds. The summed E-state index contributed by atoms with van der Waals surface area (Å²) >= 11 is 1.81. The molecule has 0 saturated heterocycles. The van der Waals surface area contributed by atoms with Crippen molar-refractivity contribution in [3.63, 3.8) is 0 Å². The molecule has 164 valence electrons. The second-order valence-electron chi connectivity index (χ2n) is 8.62. The van der Waals surface area contributed by atoms with Gasteiger partial charge in [0.1, 0.15) is 4.83 Å². The third-order valence-electron chi connectivity index (χ3n) is 6.24. The van der Waals surface area contributed by atoms with Crippen molar-refractivity contribution in [3.8, 4) is 11.1 Å². The topological polar surface area (TPSA) is 42.4 Å². The smallest absolute Gasteiger partial charge is 0.313 e. The molecule has 0 radical (unpaired) electrons. The largest absolute Gasteiger partial charge is 0.466 e. The number of rotatable bonds is 6. The van der Waals surface area contributed by atoms with Crippen LogP contribution in [0, 0.1) is 13.8 Å². The first-order chi connectivity index (χ1) is 14.9. The molecule has 1 aliphatic rings. The van der Waals surface area contributed by atoms with Gasteiger partial charge in [0.25, 0.3) is 0 Å². The lowest BCUT2D eigenvalue weighted by atomic mass is 9.84. The van der Waals surface area contributed by atoms with Gasteiger partial charge >= 0.3 is 5.97 Å². The fourth-order valence-corrected chi connectivity index (χ4v) is 6.10. The molecule has 2 aromatic heterocycles. The molecule has 1 aliphatic heterocycles. The molecule has 4 rings (SSSR count). The summed E-state index contributed by atoms with van der Waals surface area (Å²) in [5.41, 5.74) is 7.01. The van der Waals surface area contributed by atoms with Crippen molar-refractivity contribution in [2.75, 3.05) is 20.2 Å². The Kier molecular flexibility index (Phi) is 6.44. The van der Waals surface area contributed by atoms with Gasteiger partial charge in [-0.3, -0.25) is 4.79 Å². The van der Waals surface area contributed by atoms with Gasteiger partial charge in [0.2, 0.25) is 0 Å². The average molecular weight is 437 g/mol. The number of carbonyl (C=O) groups excluding carboxylic acids is 1. The van der Waals surface area contributed by atoms with Crippen LogP contribution in [0.2, 0.25) is 0 Å². The molecule has 0 bridgehead atoms. The summed E-state index contributed by atoms with van der Waals surface area (Å²) in [6, 6.07) is 8.71. The minimum absolute atomic E-state index is 0.134. The molecule has 3 aromatic rings. The molecule has 0 saturated carbocycles. The molecular formula is C26H32N2O2S. The number of carbonyl (C=O) groups is 1. The molecule has 4 nitrogen and oxygen atoms in total. The summed E-state index contributed by atoms with van der Waals surface area (Å²) in [5.74, 6) is -0.425. The Hall–Kier alpha value is -2.24. The van der Waals surface area contributed by atoms with Crippen molar-refractivity contribution < 1.29 is 9.53 Å². The SMILES string of the molecule is CCCC(C(=O)OCC)c1c(C)nc2sc3c(c2c1-c1ccc(C)cc1)CCN(C)C3. The summed E-state index contributed by atoms with van der Waals surface area (Å²) in [6.45, 7) is 10.6. The van der Waals surface area contributed by atoms with Crippen LogP contribution in [0.1, 0.15) is 59.9 Å². The first kappa shape index (κ1) is 22.0. The highest BCUT2D eigenvalue weighted by molar-refractivity contribution is 7.19. The maximum absolute atomic E-state index is 13.1. The van der Waals surface area contributed by atoms with E-state index in [9.17, 15) is 4.79 Å². The van der Waals surface area contributed by atoms with Gasteiger partial charge in [0.05, 0.1) is 12.5 Å². The monoisotopic (exact) mass is 436 g/mol. The Morgan fingerprint density at radius 2 is 1.97 bits per heavy atom. The number of esters is 1. The zero-order chi connectivity index (χ0) is 22.1. The van der Waals surface area contributed by atoms with Crippen molar-refractivity contribution in [2.24, 2.45) is 0 Å². The van der Waals surface area contributed by atoms with Crippen molar-refractivity contribution >= 4 is 27.5 Å². The highest BCUT2D eigenvalue weighted by atomic mass is 32.1. The summed E-state index contributed by atoms with van der Waals surface area (Å²) < 4.78 is 5.53. The standard InChI is InChI=1S/C26H32N2O2S/c1-6-8-20(26(29)30-7-2)22-17(4)27-25-24(19-13-14-28(5)15-21(19)31-25)23(22)18-11-9-16(3)10-12-18/h9-12,20H,6-8,13-15H2,1-5H3. The van der Waals surface area contributed by atoms with E-state index in [2.05, 4.69) is 57.0 Å². The molecule has 5 heteroatoms. The van der Waals surface area contributed by atoms with Crippen LogP contribution in [0.15, 0.2) is 24.3 Å². The highest BCUT2D eigenvalue weighted by Crippen LogP contribution is 2.45. The third-order valence-corrected chi connectivity index (χ3v) is 7.36.